The monoisotopic (exact) mass is 144 g/mol. The first-order valence-electron chi connectivity index (χ1n) is 3.30. The molecule has 0 fully saturated rings. The minimum Gasteiger partial charge on any atom is -0.156 e. The number of benzene rings is 1. The van der Waals surface area contributed by atoms with E-state index in [0.29, 0.717) is 0 Å². The van der Waals surface area contributed by atoms with Crippen molar-refractivity contribution in [3.63, 3.8) is 0 Å². The van der Waals surface area contributed by atoms with Crippen LogP contribution in [0.15, 0.2) is 36.5 Å². The van der Waals surface area contributed by atoms with E-state index in [-0.39, 0.29) is 0 Å². The van der Waals surface area contributed by atoms with E-state index in [1.807, 2.05) is 30.3 Å². The van der Waals surface area contributed by atoms with Crippen molar-refractivity contribution in [2.24, 2.45) is 0 Å². The number of nitrogens with zero attached hydrogens (tertiary/aromatic N) is 3. The molecule has 53 valence electrons. The molecule has 0 saturated carbocycles. The molecule has 0 saturated heterocycles. The Balaban J connectivity index is 2.46. The summed E-state index contributed by atoms with van der Waals surface area (Å²) in [6.07, 6.45) is 4.16. The molecule has 11 heavy (non-hydrogen) atoms. The molecule has 0 amide bonds. The zero-order chi connectivity index (χ0) is 7.52. The molecular formula is C8H6N3. The van der Waals surface area contributed by atoms with E-state index in [1.165, 1.54) is 11.0 Å². The van der Waals surface area contributed by atoms with Gasteiger partial charge in [-0.05, 0) is 12.1 Å². The number of hydrogen-bond donors (Lipinski definition) is 0. The summed E-state index contributed by atoms with van der Waals surface area (Å²) in [7, 11) is 0. The van der Waals surface area contributed by atoms with Crippen LogP contribution < -0.4 is 0 Å². The third kappa shape index (κ3) is 1.12. The second-order valence-corrected chi connectivity index (χ2v) is 2.10. The van der Waals surface area contributed by atoms with Crippen molar-refractivity contribution in [1.29, 1.82) is 0 Å². The summed E-state index contributed by atoms with van der Waals surface area (Å²) in [5.74, 6) is 0. The predicted molar refractivity (Wildman–Crippen MR) is 40.2 cm³/mol. The van der Waals surface area contributed by atoms with Gasteiger partial charge in [0.15, 0.2) is 0 Å². The van der Waals surface area contributed by atoms with Gasteiger partial charge in [-0.3, -0.25) is 0 Å². The van der Waals surface area contributed by atoms with Crippen LogP contribution in [0.4, 0.5) is 0 Å². The number of rotatable bonds is 1. The van der Waals surface area contributed by atoms with Gasteiger partial charge in [-0.15, -0.1) is 5.10 Å². The van der Waals surface area contributed by atoms with Gasteiger partial charge in [0.05, 0.1) is 11.9 Å². The van der Waals surface area contributed by atoms with Gasteiger partial charge in [0.25, 0.3) is 0 Å². The van der Waals surface area contributed by atoms with Crippen LogP contribution in [-0.2, 0) is 0 Å². The maximum atomic E-state index is 3.94. The van der Waals surface area contributed by atoms with Crippen molar-refractivity contribution < 1.29 is 0 Å². The van der Waals surface area contributed by atoms with Crippen molar-refractivity contribution in [3.05, 3.63) is 42.7 Å². The van der Waals surface area contributed by atoms with Crippen molar-refractivity contribution in [2.45, 2.75) is 0 Å². The Kier molecular flexibility index (Phi) is 1.41. The average Bonchev–Trinajstić information content (AvgIpc) is 2.58. The molecule has 0 atom stereocenters. The van der Waals surface area contributed by atoms with Crippen molar-refractivity contribution >= 4 is 0 Å². The molecule has 1 radical (unpaired) electrons. The van der Waals surface area contributed by atoms with Gasteiger partial charge in [0.1, 0.15) is 6.20 Å². The van der Waals surface area contributed by atoms with Crippen LogP contribution in [0.5, 0.6) is 0 Å². The SMILES string of the molecule is [c]1cnn(-c2ccccc2)n1. The molecule has 1 aromatic carbocycles. The maximum Gasteiger partial charge on any atom is 0.135 e. The first-order valence-corrected chi connectivity index (χ1v) is 3.30. The van der Waals surface area contributed by atoms with Gasteiger partial charge in [-0.1, -0.05) is 18.2 Å². The fourth-order valence-electron chi connectivity index (χ4n) is 0.873. The van der Waals surface area contributed by atoms with Gasteiger partial charge in [-0.25, -0.2) is 0 Å². The number of para-hydroxylation sites is 1. The Morgan fingerprint density at radius 2 is 2.00 bits per heavy atom. The molecule has 2 rings (SSSR count). The molecule has 0 spiro atoms. The van der Waals surface area contributed by atoms with Gasteiger partial charge in [0.2, 0.25) is 0 Å². The number of hydrogen-bond acceptors (Lipinski definition) is 2. The fourth-order valence-corrected chi connectivity index (χ4v) is 0.873. The normalized spacial score (nSPS) is 9.82. The predicted octanol–water partition coefficient (Wildman–Crippen LogP) is 1.07. The summed E-state index contributed by atoms with van der Waals surface area (Å²) in [5.41, 5.74) is 0.953. The molecule has 0 N–H and O–H groups in total. The third-order valence-electron chi connectivity index (χ3n) is 1.36. The highest BCUT2D eigenvalue weighted by Crippen LogP contribution is 2.00. The molecule has 1 aromatic heterocycles. The summed E-state index contributed by atoms with van der Waals surface area (Å²) in [6, 6.07) is 9.72. The molecule has 0 unspecified atom stereocenters. The molecule has 2 aromatic rings. The Bertz CT molecular complexity index is 312. The Labute approximate surface area is 64.3 Å². The van der Waals surface area contributed by atoms with E-state index in [2.05, 4.69) is 16.4 Å². The summed E-state index contributed by atoms with van der Waals surface area (Å²) in [4.78, 5) is 1.53. The highest BCUT2D eigenvalue weighted by Gasteiger charge is 1.92. The first kappa shape index (κ1) is 6.09. The zero-order valence-electron chi connectivity index (χ0n) is 5.81. The quantitative estimate of drug-likeness (QED) is 0.599. The second-order valence-electron chi connectivity index (χ2n) is 2.10. The standard InChI is InChI=1S/C8H6N3/c1-2-4-8(5-3-1)11-9-6-7-10-11/h1-6H. The van der Waals surface area contributed by atoms with E-state index in [1.54, 1.807) is 0 Å². The van der Waals surface area contributed by atoms with Crippen molar-refractivity contribution in [1.82, 2.24) is 15.0 Å². The van der Waals surface area contributed by atoms with E-state index < -0.39 is 0 Å². The van der Waals surface area contributed by atoms with E-state index in [9.17, 15) is 0 Å². The topological polar surface area (TPSA) is 30.7 Å². The van der Waals surface area contributed by atoms with Crippen LogP contribution >= 0.6 is 0 Å². The molecule has 0 aliphatic carbocycles. The minimum atomic E-state index is 0.953. The van der Waals surface area contributed by atoms with Gasteiger partial charge < -0.3 is 0 Å². The molecule has 0 aliphatic heterocycles. The largest absolute Gasteiger partial charge is 0.156 e. The molecule has 1 heterocycles. The van der Waals surface area contributed by atoms with Crippen LogP contribution in [0.1, 0.15) is 0 Å². The van der Waals surface area contributed by atoms with E-state index in [4.69, 9.17) is 0 Å². The molecule has 3 heteroatoms. The summed E-state index contributed by atoms with van der Waals surface area (Å²) in [6.45, 7) is 0. The molecule has 0 bridgehead atoms. The van der Waals surface area contributed by atoms with Gasteiger partial charge in [0, 0.05) is 0 Å². The molecule has 0 aliphatic rings. The highest BCUT2D eigenvalue weighted by atomic mass is 15.5. The Morgan fingerprint density at radius 1 is 1.18 bits per heavy atom. The Morgan fingerprint density at radius 3 is 2.64 bits per heavy atom. The summed E-state index contributed by atoms with van der Waals surface area (Å²) < 4.78 is 0. The smallest absolute Gasteiger partial charge is 0.135 e. The molecular weight excluding hydrogens is 138 g/mol. The summed E-state index contributed by atoms with van der Waals surface area (Å²) in [5, 5.41) is 7.80. The highest BCUT2D eigenvalue weighted by molar-refractivity contribution is 5.27. The average molecular weight is 144 g/mol. The van der Waals surface area contributed by atoms with E-state index >= 15 is 0 Å². The lowest BCUT2D eigenvalue weighted by molar-refractivity contribution is 0.751. The van der Waals surface area contributed by atoms with Crippen LogP contribution in [0.25, 0.3) is 5.69 Å². The Hall–Kier alpha value is -1.64. The van der Waals surface area contributed by atoms with Crippen LogP contribution in [0.2, 0.25) is 0 Å². The van der Waals surface area contributed by atoms with Crippen LogP contribution in [0.3, 0.4) is 0 Å². The van der Waals surface area contributed by atoms with E-state index in [0.717, 1.165) is 5.69 Å². The number of aromatic nitrogens is 3. The lowest BCUT2D eigenvalue weighted by Crippen LogP contribution is -1.96. The lowest BCUT2D eigenvalue weighted by atomic mass is 10.3. The third-order valence-corrected chi connectivity index (χ3v) is 1.36. The summed E-state index contributed by atoms with van der Waals surface area (Å²) >= 11 is 0. The van der Waals surface area contributed by atoms with Gasteiger partial charge in [-0.2, -0.15) is 9.90 Å². The van der Waals surface area contributed by atoms with Crippen LogP contribution in [-0.4, -0.2) is 15.0 Å². The zero-order valence-corrected chi connectivity index (χ0v) is 5.81. The van der Waals surface area contributed by atoms with Crippen molar-refractivity contribution in [3.8, 4) is 5.69 Å². The van der Waals surface area contributed by atoms with Gasteiger partial charge >= 0.3 is 0 Å². The maximum absolute atomic E-state index is 3.94. The minimum absolute atomic E-state index is 0.953. The second kappa shape index (κ2) is 2.54. The van der Waals surface area contributed by atoms with Crippen LogP contribution in [0, 0.1) is 6.20 Å². The fraction of sp³-hybridized carbons (Fsp3) is 0. The lowest BCUT2D eigenvalue weighted by Gasteiger charge is -1.95. The van der Waals surface area contributed by atoms with Crippen molar-refractivity contribution in [2.75, 3.05) is 0 Å². The molecule has 3 nitrogen and oxygen atoms in total. The first-order chi connectivity index (χ1) is 5.47.